The summed E-state index contributed by atoms with van der Waals surface area (Å²) in [6.07, 6.45) is 9.33. The van der Waals surface area contributed by atoms with Crippen molar-refractivity contribution in [3.05, 3.63) is 0 Å². The van der Waals surface area contributed by atoms with E-state index in [1.54, 1.807) is 0 Å². The third-order valence-corrected chi connectivity index (χ3v) is 4.74. The monoisotopic (exact) mass is 239 g/mol. The first-order valence-corrected chi connectivity index (χ1v) is 7.57. The van der Waals surface area contributed by atoms with E-state index in [0.717, 1.165) is 36.9 Å². The first-order chi connectivity index (χ1) is 8.20. The Kier molecular flexibility index (Phi) is 4.87. The smallest absolute Gasteiger partial charge is 0.0443 e. The zero-order valence-corrected chi connectivity index (χ0v) is 11.6. The van der Waals surface area contributed by atoms with Crippen molar-refractivity contribution in [1.82, 2.24) is 4.90 Å². The largest absolute Gasteiger partial charge is 0.396 e. The molecule has 0 spiro atoms. The van der Waals surface area contributed by atoms with Gasteiger partial charge in [0.2, 0.25) is 0 Å². The molecular formula is C15H29NO. The normalized spacial score (nSPS) is 34.9. The van der Waals surface area contributed by atoms with Crippen molar-refractivity contribution in [3.63, 3.8) is 0 Å². The second kappa shape index (κ2) is 6.19. The number of rotatable bonds is 5. The van der Waals surface area contributed by atoms with E-state index in [1.807, 2.05) is 0 Å². The van der Waals surface area contributed by atoms with E-state index >= 15 is 0 Å². The number of hydrogen-bond acceptors (Lipinski definition) is 2. The van der Waals surface area contributed by atoms with Gasteiger partial charge in [-0.1, -0.05) is 20.3 Å². The van der Waals surface area contributed by atoms with Gasteiger partial charge in [-0.15, -0.1) is 0 Å². The average Bonchev–Trinajstić information content (AvgIpc) is 2.19. The lowest BCUT2D eigenvalue weighted by Gasteiger charge is -2.46. The molecule has 2 atom stereocenters. The molecule has 0 aromatic rings. The zero-order valence-electron chi connectivity index (χ0n) is 11.6. The Morgan fingerprint density at radius 2 is 1.65 bits per heavy atom. The van der Waals surface area contributed by atoms with Crippen LogP contribution >= 0.6 is 0 Å². The van der Waals surface area contributed by atoms with Gasteiger partial charge in [0.25, 0.3) is 0 Å². The molecule has 17 heavy (non-hydrogen) atoms. The maximum absolute atomic E-state index is 9.06. The molecule has 2 aliphatic carbocycles. The Labute approximate surface area is 106 Å². The molecule has 2 rings (SSSR count). The van der Waals surface area contributed by atoms with E-state index in [0.29, 0.717) is 6.61 Å². The van der Waals surface area contributed by atoms with Crippen molar-refractivity contribution in [2.24, 2.45) is 11.8 Å². The van der Waals surface area contributed by atoms with Gasteiger partial charge in [-0.2, -0.15) is 0 Å². The van der Waals surface area contributed by atoms with Crippen molar-refractivity contribution >= 4 is 0 Å². The number of aliphatic hydroxyl groups excluding tert-OH is 1. The number of nitrogens with zero attached hydrogens (tertiary/aromatic N) is 1. The molecule has 0 aliphatic heterocycles. The summed E-state index contributed by atoms with van der Waals surface area (Å²) < 4.78 is 0. The highest BCUT2D eigenvalue weighted by Gasteiger charge is 2.34. The van der Waals surface area contributed by atoms with Crippen LogP contribution in [0.5, 0.6) is 0 Å². The van der Waals surface area contributed by atoms with Crippen LogP contribution in [0.4, 0.5) is 0 Å². The van der Waals surface area contributed by atoms with Crippen LogP contribution < -0.4 is 0 Å². The van der Waals surface area contributed by atoms with Gasteiger partial charge in [0.15, 0.2) is 0 Å². The Morgan fingerprint density at radius 1 is 1.00 bits per heavy atom. The predicted octanol–water partition coefficient (Wildman–Crippen LogP) is 3.05. The number of hydrogen-bond donors (Lipinski definition) is 1. The molecule has 1 N–H and O–H groups in total. The fourth-order valence-corrected chi connectivity index (χ4v) is 3.81. The Hall–Kier alpha value is -0.0800. The lowest BCUT2D eigenvalue weighted by Crippen LogP contribution is -2.49. The van der Waals surface area contributed by atoms with Crippen molar-refractivity contribution in [1.29, 1.82) is 0 Å². The molecule has 0 aromatic carbocycles. The van der Waals surface area contributed by atoms with Crippen molar-refractivity contribution in [2.75, 3.05) is 13.2 Å². The van der Waals surface area contributed by atoms with Gasteiger partial charge in [-0.05, 0) is 50.4 Å². The van der Waals surface area contributed by atoms with Crippen LogP contribution in [-0.2, 0) is 0 Å². The molecule has 2 nitrogen and oxygen atoms in total. The summed E-state index contributed by atoms with van der Waals surface area (Å²) in [5, 5.41) is 9.06. The van der Waals surface area contributed by atoms with Gasteiger partial charge in [0.05, 0.1) is 0 Å². The fraction of sp³-hybridized carbons (Fsp3) is 1.00. The molecule has 2 unspecified atom stereocenters. The molecule has 2 fully saturated rings. The number of aliphatic hydroxyl groups is 1. The van der Waals surface area contributed by atoms with Crippen LogP contribution in [0.25, 0.3) is 0 Å². The minimum atomic E-state index is 0.348. The van der Waals surface area contributed by atoms with Gasteiger partial charge in [-0.25, -0.2) is 0 Å². The summed E-state index contributed by atoms with van der Waals surface area (Å²) in [5.41, 5.74) is 0. The summed E-state index contributed by atoms with van der Waals surface area (Å²) in [6.45, 7) is 6.29. The molecule has 100 valence electrons. The molecule has 2 heteroatoms. The third kappa shape index (κ3) is 3.45. The highest BCUT2D eigenvalue weighted by molar-refractivity contribution is 4.89. The topological polar surface area (TPSA) is 23.5 Å². The molecule has 0 radical (unpaired) electrons. The minimum Gasteiger partial charge on any atom is -0.396 e. The second-order valence-corrected chi connectivity index (χ2v) is 6.47. The van der Waals surface area contributed by atoms with Crippen LogP contribution in [0, 0.1) is 11.8 Å². The van der Waals surface area contributed by atoms with Crippen LogP contribution in [0.15, 0.2) is 0 Å². The van der Waals surface area contributed by atoms with E-state index in [-0.39, 0.29) is 0 Å². The van der Waals surface area contributed by atoms with Crippen LogP contribution in [-0.4, -0.2) is 35.2 Å². The van der Waals surface area contributed by atoms with Crippen LogP contribution in [0.3, 0.4) is 0 Å². The average molecular weight is 239 g/mol. The van der Waals surface area contributed by atoms with Gasteiger partial charge < -0.3 is 5.11 Å². The lowest BCUT2D eigenvalue weighted by molar-refractivity contribution is 0.0322. The standard InChI is InChI=1S/C15H29NO/c1-12-9-13(2)11-15(10-12)16(7-4-8-17)14-5-3-6-14/h12-15,17H,3-11H2,1-2H3. The quantitative estimate of drug-likeness (QED) is 0.797. The Morgan fingerprint density at radius 3 is 2.12 bits per heavy atom. The third-order valence-electron chi connectivity index (χ3n) is 4.74. The van der Waals surface area contributed by atoms with E-state index in [4.69, 9.17) is 5.11 Å². The van der Waals surface area contributed by atoms with E-state index < -0.39 is 0 Å². The molecular weight excluding hydrogens is 210 g/mol. The molecule has 0 heterocycles. The second-order valence-electron chi connectivity index (χ2n) is 6.47. The van der Waals surface area contributed by atoms with Gasteiger partial charge in [-0.3, -0.25) is 4.90 Å². The Balaban J connectivity index is 1.93. The first kappa shape index (κ1) is 13.4. The molecule has 0 aromatic heterocycles. The SMILES string of the molecule is CC1CC(C)CC(N(CCCO)C2CCC2)C1. The van der Waals surface area contributed by atoms with E-state index in [1.165, 1.54) is 38.5 Å². The van der Waals surface area contributed by atoms with Crippen molar-refractivity contribution < 1.29 is 5.11 Å². The summed E-state index contributed by atoms with van der Waals surface area (Å²) in [7, 11) is 0. The zero-order chi connectivity index (χ0) is 12.3. The predicted molar refractivity (Wildman–Crippen MR) is 72.0 cm³/mol. The molecule has 0 bridgehead atoms. The fourth-order valence-electron chi connectivity index (χ4n) is 3.81. The highest BCUT2D eigenvalue weighted by atomic mass is 16.3. The summed E-state index contributed by atoms with van der Waals surface area (Å²) in [6, 6.07) is 1.63. The molecule has 0 amide bonds. The lowest BCUT2D eigenvalue weighted by atomic mass is 9.78. The summed E-state index contributed by atoms with van der Waals surface area (Å²) in [4.78, 5) is 2.74. The van der Waals surface area contributed by atoms with Crippen molar-refractivity contribution in [3.8, 4) is 0 Å². The summed E-state index contributed by atoms with van der Waals surface area (Å²) in [5.74, 6) is 1.78. The van der Waals surface area contributed by atoms with Gasteiger partial charge in [0, 0.05) is 25.2 Å². The highest BCUT2D eigenvalue weighted by Crippen LogP contribution is 2.36. The Bertz CT molecular complexity index is 217. The van der Waals surface area contributed by atoms with Crippen molar-refractivity contribution in [2.45, 2.75) is 70.9 Å². The van der Waals surface area contributed by atoms with E-state index in [2.05, 4.69) is 18.7 Å². The molecule has 2 saturated carbocycles. The molecule has 0 saturated heterocycles. The first-order valence-electron chi connectivity index (χ1n) is 7.57. The van der Waals surface area contributed by atoms with Gasteiger partial charge >= 0.3 is 0 Å². The summed E-state index contributed by atoms with van der Waals surface area (Å²) >= 11 is 0. The minimum absolute atomic E-state index is 0.348. The van der Waals surface area contributed by atoms with Crippen LogP contribution in [0.1, 0.15) is 58.8 Å². The van der Waals surface area contributed by atoms with E-state index in [9.17, 15) is 0 Å². The van der Waals surface area contributed by atoms with Gasteiger partial charge in [0.1, 0.15) is 0 Å². The van der Waals surface area contributed by atoms with Crippen LogP contribution in [0.2, 0.25) is 0 Å². The maximum Gasteiger partial charge on any atom is 0.0443 e. The maximum atomic E-state index is 9.06. The molecule has 2 aliphatic rings.